The van der Waals surface area contributed by atoms with Crippen LogP contribution in [0.5, 0.6) is 0 Å². The highest BCUT2D eigenvalue weighted by Crippen LogP contribution is 2.31. The average molecular weight is 416 g/mol. The Morgan fingerprint density at radius 3 is 2.29 bits per heavy atom. The Balaban J connectivity index is 1.75. The smallest absolute Gasteiger partial charge is 0.147 e. The van der Waals surface area contributed by atoms with Gasteiger partial charge in [-0.15, -0.1) is 0 Å². The predicted molar refractivity (Wildman–Crippen MR) is 119 cm³/mol. The number of hydrogen-bond acceptors (Lipinski definition) is 2. The maximum atomic E-state index is 14.7. The zero-order valence-corrected chi connectivity index (χ0v) is 17.3. The fraction of sp³-hybridized carbons (Fsp3) is 0.115. The first-order chi connectivity index (χ1) is 15.0. The molecule has 5 heteroatoms. The second kappa shape index (κ2) is 8.96. The lowest BCUT2D eigenvalue weighted by atomic mass is 10.1. The number of para-hydroxylation sites is 1. The van der Waals surface area contributed by atoms with Gasteiger partial charge in [0.05, 0.1) is 17.1 Å². The van der Waals surface area contributed by atoms with Crippen molar-refractivity contribution in [1.82, 2.24) is 4.57 Å². The first-order valence-electron chi connectivity index (χ1n) is 9.98. The fourth-order valence-corrected chi connectivity index (χ4v) is 3.58. The average Bonchev–Trinajstić information content (AvgIpc) is 3.12. The Labute approximate surface area is 180 Å². The maximum Gasteiger partial charge on any atom is 0.147 e. The highest BCUT2D eigenvalue weighted by Gasteiger charge is 2.19. The van der Waals surface area contributed by atoms with Gasteiger partial charge in [-0.1, -0.05) is 47.6 Å². The van der Waals surface area contributed by atoms with Crippen LogP contribution in [-0.4, -0.2) is 10.3 Å². The maximum absolute atomic E-state index is 14.7. The molecule has 3 nitrogen and oxygen atoms in total. The molecule has 0 N–H and O–H groups in total. The van der Waals surface area contributed by atoms with Gasteiger partial charge in [-0.25, -0.2) is 8.78 Å². The largest absolute Gasteiger partial charge is 0.391 e. The number of aromatic nitrogens is 1. The van der Waals surface area contributed by atoms with Crippen LogP contribution < -0.4 is 0 Å². The van der Waals surface area contributed by atoms with Gasteiger partial charge in [0, 0.05) is 11.3 Å². The third-order valence-corrected chi connectivity index (χ3v) is 5.15. The van der Waals surface area contributed by atoms with Crippen LogP contribution in [0, 0.1) is 18.6 Å². The zero-order valence-electron chi connectivity index (χ0n) is 17.3. The van der Waals surface area contributed by atoms with Gasteiger partial charge in [0.15, 0.2) is 0 Å². The number of oxime groups is 1. The molecule has 1 heterocycles. The van der Waals surface area contributed by atoms with E-state index in [1.165, 1.54) is 18.2 Å². The van der Waals surface area contributed by atoms with Gasteiger partial charge in [-0.2, -0.15) is 0 Å². The summed E-state index contributed by atoms with van der Waals surface area (Å²) in [5, 5.41) is 4.28. The van der Waals surface area contributed by atoms with Crippen LogP contribution in [0.4, 0.5) is 8.78 Å². The standard InChI is InChI=1S/C26H22F2N2O/c1-18(29-31-17-20-8-4-3-5-9-20)23-16-26(21-12-14-22(27)15-13-21)30(19(23)2)25-11-7-6-10-24(25)28/h3-16H,17H2,1-2H3/b29-18-. The fourth-order valence-electron chi connectivity index (χ4n) is 3.58. The van der Waals surface area contributed by atoms with Gasteiger partial charge < -0.3 is 9.40 Å². The van der Waals surface area contributed by atoms with Crippen LogP contribution >= 0.6 is 0 Å². The molecule has 31 heavy (non-hydrogen) atoms. The van der Waals surface area contributed by atoms with Crippen molar-refractivity contribution in [2.45, 2.75) is 20.5 Å². The van der Waals surface area contributed by atoms with Crippen molar-refractivity contribution in [1.29, 1.82) is 0 Å². The molecular formula is C26H22F2N2O. The Morgan fingerprint density at radius 2 is 1.58 bits per heavy atom. The number of hydrogen-bond donors (Lipinski definition) is 0. The Kier molecular flexibility index (Phi) is 5.94. The second-order valence-corrected chi connectivity index (χ2v) is 7.26. The Bertz CT molecular complexity index is 1210. The van der Waals surface area contributed by atoms with Crippen molar-refractivity contribution in [2.75, 3.05) is 0 Å². The van der Waals surface area contributed by atoms with E-state index >= 15 is 0 Å². The minimum absolute atomic E-state index is 0.322. The molecule has 0 unspecified atom stereocenters. The summed E-state index contributed by atoms with van der Waals surface area (Å²) < 4.78 is 30.0. The molecule has 0 atom stereocenters. The molecule has 0 amide bonds. The molecule has 4 aromatic rings. The third-order valence-electron chi connectivity index (χ3n) is 5.15. The molecule has 0 aliphatic rings. The molecule has 3 aromatic carbocycles. The predicted octanol–water partition coefficient (Wildman–Crippen LogP) is 6.67. The van der Waals surface area contributed by atoms with Gasteiger partial charge in [-0.05, 0) is 67.4 Å². The molecule has 1 aromatic heterocycles. The van der Waals surface area contributed by atoms with E-state index in [1.807, 2.05) is 54.8 Å². The number of rotatable bonds is 6. The molecule has 0 saturated carbocycles. The first kappa shape index (κ1) is 20.5. The van der Waals surface area contributed by atoms with E-state index < -0.39 is 0 Å². The van der Waals surface area contributed by atoms with Crippen LogP contribution in [0.3, 0.4) is 0 Å². The molecule has 156 valence electrons. The van der Waals surface area contributed by atoms with Crippen molar-refractivity contribution in [3.05, 3.63) is 113 Å². The summed E-state index contributed by atoms with van der Waals surface area (Å²) in [6, 6.07) is 24.5. The van der Waals surface area contributed by atoms with Crippen molar-refractivity contribution < 1.29 is 13.6 Å². The van der Waals surface area contributed by atoms with Crippen LogP contribution in [0.15, 0.2) is 90.1 Å². The number of benzene rings is 3. The molecule has 4 rings (SSSR count). The van der Waals surface area contributed by atoms with E-state index in [0.717, 1.165) is 28.1 Å². The molecule has 0 bridgehead atoms. The van der Waals surface area contributed by atoms with E-state index in [4.69, 9.17) is 4.84 Å². The molecule has 0 aliphatic carbocycles. The summed E-state index contributed by atoms with van der Waals surface area (Å²) in [4.78, 5) is 5.55. The molecule has 0 radical (unpaired) electrons. The summed E-state index contributed by atoms with van der Waals surface area (Å²) in [5.74, 6) is -0.664. The van der Waals surface area contributed by atoms with Crippen molar-refractivity contribution in [2.24, 2.45) is 5.16 Å². The third kappa shape index (κ3) is 4.40. The summed E-state index contributed by atoms with van der Waals surface area (Å²) in [6.07, 6.45) is 0. The Hall–Kier alpha value is -3.73. The monoisotopic (exact) mass is 416 g/mol. The molecular weight excluding hydrogens is 394 g/mol. The summed E-state index contributed by atoms with van der Waals surface area (Å²) in [5.41, 5.74) is 5.28. The van der Waals surface area contributed by atoms with E-state index in [0.29, 0.717) is 18.0 Å². The number of nitrogens with zero attached hydrogens (tertiary/aromatic N) is 2. The molecule has 0 fully saturated rings. The van der Waals surface area contributed by atoms with E-state index in [2.05, 4.69) is 5.16 Å². The second-order valence-electron chi connectivity index (χ2n) is 7.26. The van der Waals surface area contributed by atoms with Gasteiger partial charge in [0.1, 0.15) is 18.2 Å². The quantitative estimate of drug-likeness (QED) is 0.255. The minimum Gasteiger partial charge on any atom is -0.391 e. The lowest BCUT2D eigenvalue weighted by Crippen LogP contribution is -2.04. The summed E-state index contributed by atoms with van der Waals surface area (Å²) in [6.45, 7) is 4.12. The highest BCUT2D eigenvalue weighted by molar-refractivity contribution is 6.01. The molecule has 0 aliphatic heterocycles. The first-order valence-corrected chi connectivity index (χ1v) is 9.98. The zero-order chi connectivity index (χ0) is 21.8. The van der Waals surface area contributed by atoms with E-state index in [1.54, 1.807) is 30.3 Å². The molecule has 0 saturated heterocycles. The minimum atomic E-state index is -0.342. The van der Waals surface area contributed by atoms with Gasteiger partial charge in [-0.3, -0.25) is 0 Å². The van der Waals surface area contributed by atoms with Gasteiger partial charge in [0.2, 0.25) is 0 Å². The van der Waals surface area contributed by atoms with Gasteiger partial charge >= 0.3 is 0 Å². The van der Waals surface area contributed by atoms with Crippen molar-refractivity contribution >= 4 is 5.71 Å². The van der Waals surface area contributed by atoms with Crippen molar-refractivity contribution in [3.8, 4) is 16.9 Å². The lowest BCUT2D eigenvalue weighted by molar-refractivity contribution is 0.130. The Morgan fingerprint density at radius 1 is 0.903 bits per heavy atom. The summed E-state index contributed by atoms with van der Waals surface area (Å²) in [7, 11) is 0. The van der Waals surface area contributed by atoms with Crippen LogP contribution in [0.2, 0.25) is 0 Å². The normalized spacial score (nSPS) is 11.5. The number of halogens is 2. The van der Waals surface area contributed by atoms with E-state index in [9.17, 15) is 8.78 Å². The highest BCUT2D eigenvalue weighted by atomic mass is 19.1. The summed E-state index contributed by atoms with van der Waals surface area (Å²) >= 11 is 0. The van der Waals surface area contributed by atoms with Crippen molar-refractivity contribution in [3.63, 3.8) is 0 Å². The van der Waals surface area contributed by atoms with Gasteiger partial charge in [0.25, 0.3) is 0 Å². The topological polar surface area (TPSA) is 26.5 Å². The van der Waals surface area contributed by atoms with Crippen LogP contribution in [0.1, 0.15) is 23.7 Å². The van der Waals surface area contributed by atoms with Crippen LogP contribution in [0.25, 0.3) is 16.9 Å². The van der Waals surface area contributed by atoms with Crippen LogP contribution in [-0.2, 0) is 11.4 Å². The molecule has 0 spiro atoms. The lowest BCUT2D eigenvalue weighted by Gasteiger charge is -2.13. The SMILES string of the molecule is C/C(=N/OCc1ccccc1)c1cc(-c2ccc(F)cc2)n(-c2ccccc2F)c1C. The van der Waals surface area contributed by atoms with E-state index in [-0.39, 0.29) is 11.6 Å².